The quantitative estimate of drug-likeness (QED) is 0.776. The minimum absolute atomic E-state index is 0.305. The van der Waals surface area contributed by atoms with Crippen LogP contribution in [0.1, 0.15) is 39.5 Å². The fourth-order valence-electron chi connectivity index (χ4n) is 2.42. The van der Waals surface area contributed by atoms with E-state index >= 15 is 0 Å². The van der Waals surface area contributed by atoms with Crippen LogP contribution in [-0.4, -0.2) is 37.5 Å². The summed E-state index contributed by atoms with van der Waals surface area (Å²) in [5.74, 6) is 1.51. The Kier molecular flexibility index (Phi) is 5.81. The maximum Gasteiger partial charge on any atom is 0.222 e. The second-order valence-corrected chi connectivity index (χ2v) is 5.10. The Labute approximate surface area is 99.6 Å². The Morgan fingerprint density at radius 3 is 2.88 bits per heavy atom. The van der Waals surface area contributed by atoms with Gasteiger partial charge in [-0.1, -0.05) is 13.8 Å². The smallest absolute Gasteiger partial charge is 0.222 e. The lowest BCUT2D eigenvalue weighted by Gasteiger charge is -2.29. The number of nitrogens with one attached hydrogen (secondary N) is 1. The van der Waals surface area contributed by atoms with Gasteiger partial charge in [-0.05, 0) is 44.2 Å². The molecule has 94 valence electrons. The zero-order valence-electron chi connectivity index (χ0n) is 11.0. The lowest BCUT2D eigenvalue weighted by atomic mass is 9.85. The van der Waals surface area contributed by atoms with Gasteiger partial charge in [-0.3, -0.25) is 4.79 Å². The van der Waals surface area contributed by atoms with E-state index in [1.807, 2.05) is 11.9 Å². The van der Waals surface area contributed by atoms with Gasteiger partial charge in [0.2, 0.25) is 5.91 Å². The van der Waals surface area contributed by atoms with Gasteiger partial charge in [0, 0.05) is 20.0 Å². The molecule has 0 aromatic carbocycles. The van der Waals surface area contributed by atoms with Crippen molar-refractivity contribution in [2.45, 2.75) is 39.5 Å². The van der Waals surface area contributed by atoms with Gasteiger partial charge in [-0.15, -0.1) is 0 Å². The molecule has 1 aliphatic heterocycles. The van der Waals surface area contributed by atoms with Crippen LogP contribution in [0, 0.1) is 11.8 Å². The summed E-state index contributed by atoms with van der Waals surface area (Å²) in [5, 5.41) is 3.42. The first-order chi connectivity index (χ1) is 7.65. The Morgan fingerprint density at radius 2 is 2.31 bits per heavy atom. The predicted octanol–water partition coefficient (Wildman–Crippen LogP) is 1.88. The predicted molar refractivity (Wildman–Crippen MR) is 67.3 cm³/mol. The molecule has 0 aliphatic carbocycles. The van der Waals surface area contributed by atoms with Gasteiger partial charge in [-0.2, -0.15) is 0 Å². The number of piperidine rings is 1. The van der Waals surface area contributed by atoms with Crippen molar-refractivity contribution < 1.29 is 4.79 Å². The van der Waals surface area contributed by atoms with Crippen LogP contribution >= 0.6 is 0 Å². The van der Waals surface area contributed by atoms with Crippen LogP contribution in [-0.2, 0) is 4.79 Å². The molecule has 1 aliphatic rings. The second kappa shape index (κ2) is 6.89. The molecule has 3 nitrogen and oxygen atoms in total. The van der Waals surface area contributed by atoms with Gasteiger partial charge in [0.15, 0.2) is 0 Å². The number of hydrogen-bond donors (Lipinski definition) is 1. The van der Waals surface area contributed by atoms with Crippen molar-refractivity contribution in [3.63, 3.8) is 0 Å². The average Bonchev–Trinajstić information content (AvgIpc) is 2.30. The number of rotatable bonds is 5. The van der Waals surface area contributed by atoms with Crippen LogP contribution in [0.15, 0.2) is 0 Å². The van der Waals surface area contributed by atoms with Crippen LogP contribution in [0.25, 0.3) is 0 Å². The van der Waals surface area contributed by atoms with E-state index in [-0.39, 0.29) is 0 Å². The number of nitrogens with zero attached hydrogens (tertiary/aromatic N) is 1. The van der Waals surface area contributed by atoms with Crippen molar-refractivity contribution >= 4 is 5.91 Å². The van der Waals surface area contributed by atoms with Gasteiger partial charge < -0.3 is 10.2 Å². The highest BCUT2D eigenvalue weighted by atomic mass is 16.2. The molecule has 2 atom stereocenters. The van der Waals surface area contributed by atoms with Crippen molar-refractivity contribution in [2.75, 3.05) is 26.7 Å². The fourth-order valence-corrected chi connectivity index (χ4v) is 2.42. The van der Waals surface area contributed by atoms with E-state index in [0.29, 0.717) is 24.2 Å². The molecular formula is C13H26N2O. The lowest BCUT2D eigenvalue weighted by molar-refractivity contribution is -0.131. The molecule has 1 heterocycles. The van der Waals surface area contributed by atoms with E-state index in [4.69, 9.17) is 0 Å². The van der Waals surface area contributed by atoms with Gasteiger partial charge in [-0.25, -0.2) is 0 Å². The van der Waals surface area contributed by atoms with Gasteiger partial charge in [0.1, 0.15) is 0 Å². The third-order valence-corrected chi connectivity index (χ3v) is 3.62. The summed E-state index contributed by atoms with van der Waals surface area (Å²) in [5.41, 5.74) is 0. The van der Waals surface area contributed by atoms with E-state index in [0.717, 1.165) is 26.1 Å². The summed E-state index contributed by atoms with van der Waals surface area (Å²) >= 11 is 0. The summed E-state index contributed by atoms with van der Waals surface area (Å²) in [6, 6.07) is 0. The maximum absolute atomic E-state index is 11.9. The Morgan fingerprint density at radius 1 is 1.56 bits per heavy atom. The van der Waals surface area contributed by atoms with E-state index in [1.165, 1.54) is 12.8 Å². The summed E-state index contributed by atoms with van der Waals surface area (Å²) < 4.78 is 0. The normalized spacial score (nSPS) is 22.8. The molecule has 1 saturated heterocycles. The van der Waals surface area contributed by atoms with E-state index in [1.54, 1.807) is 0 Å². The summed E-state index contributed by atoms with van der Waals surface area (Å²) in [4.78, 5) is 13.8. The minimum Gasteiger partial charge on any atom is -0.346 e. The molecule has 1 N–H and O–H groups in total. The Balaban J connectivity index is 2.31. The van der Waals surface area contributed by atoms with Crippen LogP contribution in [0.2, 0.25) is 0 Å². The van der Waals surface area contributed by atoms with Gasteiger partial charge in [0.25, 0.3) is 0 Å². The van der Waals surface area contributed by atoms with Crippen molar-refractivity contribution in [1.82, 2.24) is 10.2 Å². The molecule has 0 aromatic rings. The maximum atomic E-state index is 11.9. The summed E-state index contributed by atoms with van der Waals surface area (Å²) in [6.45, 7) is 7.45. The lowest BCUT2D eigenvalue weighted by Crippen LogP contribution is -2.36. The molecule has 0 bridgehead atoms. The number of carbonyl (C=O) groups excluding carboxylic acids is 1. The highest BCUT2D eigenvalue weighted by Gasteiger charge is 2.22. The summed E-state index contributed by atoms with van der Waals surface area (Å²) in [6.07, 6.45) is 4.29. The number of hydrogen-bond acceptors (Lipinski definition) is 2. The molecule has 2 unspecified atom stereocenters. The minimum atomic E-state index is 0.305. The molecule has 0 saturated carbocycles. The van der Waals surface area contributed by atoms with E-state index in [9.17, 15) is 4.79 Å². The van der Waals surface area contributed by atoms with E-state index < -0.39 is 0 Å². The Hall–Kier alpha value is -0.570. The third kappa shape index (κ3) is 4.12. The molecule has 1 rings (SSSR count). The first kappa shape index (κ1) is 13.5. The zero-order chi connectivity index (χ0) is 12.0. The fraction of sp³-hybridized carbons (Fsp3) is 0.923. The number of carbonyl (C=O) groups is 1. The van der Waals surface area contributed by atoms with Gasteiger partial charge >= 0.3 is 0 Å². The average molecular weight is 226 g/mol. The van der Waals surface area contributed by atoms with Gasteiger partial charge in [0.05, 0.1) is 0 Å². The monoisotopic (exact) mass is 226 g/mol. The SMILES string of the molecule is CCCN(C)C(=O)CC(C)C1CCCNC1. The molecule has 1 fully saturated rings. The molecule has 0 aromatic heterocycles. The van der Waals surface area contributed by atoms with Crippen LogP contribution in [0.4, 0.5) is 0 Å². The highest BCUT2D eigenvalue weighted by Crippen LogP contribution is 2.22. The third-order valence-electron chi connectivity index (χ3n) is 3.62. The molecular weight excluding hydrogens is 200 g/mol. The van der Waals surface area contributed by atoms with Crippen LogP contribution < -0.4 is 5.32 Å². The van der Waals surface area contributed by atoms with Crippen LogP contribution in [0.3, 0.4) is 0 Å². The molecule has 0 spiro atoms. The highest BCUT2D eigenvalue weighted by molar-refractivity contribution is 5.76. The van der Waals surface area contributed by atoms with Crippen molar-refractivity contribution in [2.24, 2.45) is 11.8 Å². The van der Waals surface area contributed by atoms with Crippen molar-refractivity contribution in [3.8, 4) is 0 Å². The van der Waals surface area contributed by atoms with E-state index in [2.05, 4.69) is 19.2 Å². The van der Waals surface area contributed by atoms with Crippen molar-refractivity contribution in [1.29, 1.82) is 0 Å². The zero-order valence-corrected chi connectivity index (χ0v) is 11.0. The van der Waals surface area contributed by atoms with Crippen molar-refractivity contribution in [3.05, 3.63) is 0 Å². The standard InChI is InChI=1S/C13H26N2O/c1-4-8-15(3)13(16)9-11(2)12-6-5-7-14-10-12/h11-12,14H,4-10H2,1-3H3. The summed E-state index contributed by atoms with van der Waals surface area (Å²) in [7, 11) is 1.91. The molecule has 0 radical (unpaired) electrons. The number of amides is 1. The first-order valence-corrected chi connectivity index (χ1v) is 6.59. The van der Waals surface area contributed by atoms with Crippen LogP contribution in [0.5, 0.6) is 0 Å². The first-order valence-electron chi connectivity index (χ1n) is 6.59. The second-order valence-electron chi connectivity index (χ2n) is 5.10. The topological polar surface area (TPSA) is 32.3 Å². The molecule has 1 amide bonds. The molecule has 16 heavy (non-hydrogen) atoms. The Bertz CT molecular complexity index is 212. The largest absolute Gasteiger partial charge is 0.346 e. The molecule has 3 heteroatoms.